The van der Waals surface area contributed by atoms with E-state index in [1.165, 1.54) is 12.7 Å². The molecule has 2 N–H and O–H groups in total. The van der Waals surface area contributed by atoms with Crippen LogP contribution in [0.1, 0.15) is 30.8 Å². The number of nitrogens with zero attached hydrogens (tertiary/aromatic N) is 6. The number of oxazole rings is 1. The Morgan fingerprint density at radius 1 is 1.36 bits per heavy atom. The molecule has 4 aromatic heterocycles. The SMILES string of the molecule is CC[C@@H]1CN(C(=O)NCc2cocn2)C[C@@H]1c1nnc2cnc3[nH]ccc3n12. The van der Waals surface area contributed by atoms with Crippen LogP contribution in [0.2, 0.25) is 0 Å². The van der Waals surface area contributed by atoms with Crippen LogP contribution in [0.4, 0.5) is 4.79 Å². The van der Waals surface area contributed by atoms with Gasteiger partial charge in [0, 0.05) is 25.2 Å². The van der Waals surface area contributed by atoms with E-state index in [1.54, 1.807) is 6.20 Å². The van der Waals surface area contributed by atoms with Crippen molar-refractivity contribution in [2.24, 2.45) is 5.92 Å². The molecule has 10 heteroatoms. The molecule has 1 saturated heterocycles. The minimum atomic E-state index is -0.105. The molecule has 0 aliphatic carbocycles. The number of hydrogen-bond acceptors (Lipinski definition) is 6. The van der Waals surface area contributed by atoms with E-state index in [0.29, 0.717) is 36.9 Å². The molecule has 1 aliphatic heterocycles. The van der Waals surface area contributed by atoms with Crippen LogP contribution in [0, 0.1) is 5.92 Å². The highest BCUT2D eigenvalue weighted by Crippen LogP contribution is 2.34. The van der Waals surface area contributed by atoms with Gasteiger partial charge in [-0.25, -0.2) is 14.8 Å². The topological polar surface area (TPSA) is 117 Å². The van der Waals surface area contributed by atoms with Crippen LogP contribution in [0.5, 0.6) is 0 Å². The lowest BCUT2D eigenvalue weighted by atomic mass is 9.93. The zero-order chi connectivity index (χ0) is 19.1. The quantitative estimate of drug-likeness (QED) is 0.559. The molecule has 4 aromatic rings. The Morgan fingerprint density at radius 2 is 2.29 bits per heavy atom. The van der Waals surface area contributed by atoms with Crippen LogP contribution in [-0.4, -0.2) is 53.6 Å². The van der Waals surface area contributed by atoms with Crippen molar-refractivity contribution < 1.29 is 9.21 Å². The van der Waals surface area contributed by atoms with Crippen LogP contribution in [0.3, 0.4) is 0 Å². The Morgan fingerprint density at radius 3 is 3.11 bits per heavy atom. The number of carbonyl (C=O) groups is 1. The van der Waals surface area contributed by atoms with E-state index in [0.717, 1.165) is 23.4 Å². The van der Waals surface area contributed by atoms with Gasteiger partial charge in [0.05, 0.1) is 24.0 Å². The van der Waals surface area contributed by atoms with E-state index in [2.05, 4.69) is 37.4 Å². The van der Waals surface area contributed by atoms with E-state index in [4.69, 9.17) is 4.42 Å². The summed E-state index contributed by atoms with van der Waals surface area (Å²) in [6, 6.07) is 1.87. The summed E-state index contributed by atoms with van der Waals surface area (Å²) < 4.78 is 6.99. The fourth-order valence-corrected chi connectivity index (χ4v) is 3.98. The molecule has 0 saturated carbocycles. The van der Waals surface area contributed by atoms with Crippen molar-refractivity contribution in [3.63, 3.8) is 0 Å². The number of rotatable bonds is 4. The first-order chi connectivity index (χ1) is 13.7. The number of aromatic nitrogens is 6. The predicted molar refractivity (Wildman–Crippen MR) is 99.5 cm³/mol. The molecule has 0 spiro atoms. The first-order valence-corrected chi connectivity index (χ1v) is 9.31. The van der Waals surface area contributed by atoms with Crippen molar-refractivity contribution in [2.45, 2.75) is 25.8 Å². The molecule has 0 unspecified atom stereocenters. The summed E-state index contributed by atoms with van der Waals surface area (Å²) in [6.45, 7) is 3.77. The van der Waals surface area contributed by atoms with Crippen molar-refractivity contribution in [2.75, 3.05) is 13.1 Å². The Labute approximate surface area is 160 Å². The summed E-state index contributed by atoms with van der Waals surface area (Å²) in [4.78, 5) is 26.0. The summed E-state index contributed by atoms with van der Waals surface area (Å²) >= 11 is 0. The molecule has 28 heavy (non-hydrogen) atoms. The third-order valence-electron chi connectivity index (χ3n) is 5.46. The smallest absolute Gasteiger partial charge is 0.317 e. The van der Waals surface area contributed by atoms with E-state index in [9.17, 15) is 4.79 Å². The Bertz CT molecular complexity index is 1120. The maximum Gasteiger partial charge on any atom is 0.317 e. The highest BCUT2D eigenvalue weighted by atomic mass is 16.3. The average molecular weight is 380 g/mol. The maximum absolute atomic E-state index is 12.7. The molecule has 0 aromatic carbocycles. The van der Waals surface area contributed by atoms with Crippen LogP contribution in [0.25, 0.3) is 16.8 Å². The van der Waals surface area contributed by atoms with Gasteiger partial charge in [-0.15, -0.1) is 10.2 Å². The summed E-state index contributed by atoms with van der Waals surface area (Å²) in [5.74, 6) is 1.30. The number of aromatic amines is 1. The second-order valence-corrected chi connectivity index (χ2v) is 7.04. The summed E-state index contributed by atoms with van der Waals surface area (Å²) in [5, 5.41) is 11.7. The summed E-state index contributed by atoms with van der Waals surface area (Å²) in [5.41, 5.74) is 3.15. The van der Waals surface area contributed by atoms with Gasteiger partial charge in [-0.3, -0.25) is 4.40 Å². The van der Waals surface area contributed by atoms with E-state index >= 15 is 0 Å². The second-order valence-electron chi connectivity index (χ2n) is 7.04. The van der Waals surface area contributed by atoms with Crippen LogP contribution in [0.15, 0.2) is 35.5 Å². The molecule has 5 rings (SSSR count). The highest BCUT2D eigenvalue weighted by molar-refractivity contribution is 5.75. The number of urea groups is 1. The number of amides is 2. The third kappa shape index (κ3) is 2.68. The largest absolute Gasteiger partial charge is 0.451 e. The number of carbonyl (C=O) groups excluding carboxylic acids is 1. The van der Waals surface area contributed by atoms with Gasteiger partial charge < -0.3 is 19.6 Å². The van der Waals surface area contributed by atoms with E-state index in [1.807, 2.05) is 21.6 Å². The fourth-order valence-electron chi connectivity index (χ4n) is 3.98. The van der Waals surface area contributed by atoms with Crippen molar-refractivity contribution >= 4 is 22.8 Å². The zero-order valence-electron chi connectivity index (χ0n) is 15.4. The minimum absolute atomic E-state index is 0.105. The predicted octanol–water partition coefficient (Wildman–Crippen LogP) is 1.93. The lowest BCUT2D eigenvalue weighted by molar-refractivity contribution is 0.206. The Balaban J connectivity index is 1.41. The first kappa shape index (κ1) is 16.7. The highest BCUT2D eigenvalue weighted by Gasteiger charge is 2.38. The molecule has 2 amide bonds. The second kappa shape index (κ2) is 6.63. The average Bonchev–Trinajstić information content (AvgIpc) is 3.50. The van der Waals surface area contributed by atoms with Gasteiger partial charge in [-0.05, 0) is 12.0 Å². The van der Waals surface area contributed by atoms with Gasteiger partial charge in [-0.2, -0.15) is 0 Å². The number of likely N-dealkylation sites (tertiary alicyclic amines) is 1. The Hall–Kier alpha value is -3.43. The molecule has 2 atom stereocenters. The van der Waals surface area contributed by atoms with Crippen molar-refractivity contribution in [1.82, 2.24) is 39.8 Å². The molecule has 10 nitrogen and oxygen atoms in total. The summed E-state index contributed by atoms with van der Waals surface area (Å²) in [6.07, 6.45) is 7.41. The van der Waals surface area contributed by atoms with Crippen LogP contribution >= 0.6 is 0 Å². The molecule has 1 fully saturated rings. The van der Waals surface area contributed by atoms with Crippen LogP contribution in [-0.2, 0) is 6.54 Å². The lowest BCUT2D eigenvalue weighted by Crippen LogP contribution is -2.38. The third-order valence-corrected chi connectivity index (χ3v) is 5.46. The first-order valence-electron chi connectivity index (χ1n) is 9.31. The molecular formula is C18H20N8O2. The lowest BCUT2D eigenvalue weighted by Gasteiger charge is -2.16. The molecule has 0 bridgehead atoms. The number of H-pyrrole nitrogens is 1. The number of hydrogen-bond donors (Lipinski definition) is 2. The van der Waals surface area contributed by atoms with Gasteiger partial charge in [0.1, 0.15) is 12.1 Å². The van der Waals surface area contributed by atoms with Gasteiger partial charge in [-0.1, -0.05) is 13.3 Å². The van der Waals surface area contributed by atoms with Crippen molar-refractivity contribution in [1.29, 1.82) is 0 Å². The van der Waals surface area contributed by atoms with Crippen molar-refractivity contribution in [3.05, 3.63) is 42.6 Å². The molecular weight excluding hydrogens is 360 g/mol. The summed E-state index contributed by atoms with van der Waals surface area (Å²) in [7, 11) is 0. The van der Waals surface area contributed by atoms with Gasteiger partial charge in [0.2, 0.25) is 0 Å². The molecule has 0 radical (unpaired) electrons. The Kier molecular flexibility index (Phi) is 3.96. The van der Waals surface area contributed by atoms with Gasteiger partial charge in [0.15, 0.2) is 17.7 Å². The van der Waals surface area contributed by atoms with E-state index < -0.39 is 0 Å². The standard InChI is InChI=1S/C18H20N8O2/c1-2-11-7-25(18(27)21-5-12-9-28-10-22-12)8-13(11)17-24-23-15-6-20-16-14(26(15)17)3-4-19-16/h3-4,6,9-11,13,19H,2,5,7-8H2,1H3,(H,21,27)/t11-,13+/m1/s1. The van der Waals surface area contributed by atoms with Crippen molar-refractivity contribution in [3.8, 4) is 0 Å². The molecule has 144 valence electrons. The molecule has 5 heterocycles. The monoisotopic (exact) mass is 380 g/mol. The normalized spacial score (nSPS) is 19.7. The fraction of sp³-hybridized carbons (Fsp3) is 0.389. The maximum atomic E-state index is 12.7. The number of fused-ring (bicyclic) bond motifs is 3. The van der Waals surface area contributed by atoms with E-state index in [-0.39, 0.29) is 11.9 Å². The minimum Gasteiger partial charge on any atom is -0.451 e. The van der Waals surface area contributed by atoms with Gasteiger partial charge in [0.25, 0.3) is 0 Å². The van der Waals surface area contributed by atoms with Crippen LogP contribution < -0.4 is 5.32 Å². The molecule has 1 aliphatic rings. The number of nitrogens with one attached hydrogen (secondary N) is 2. The zero-order valence-corrected chi connectivity index (χ0v) is 15.4. The van der Waals surface area contributed by atoms with Gasteiger partial charge >= 0.3 is 6.03 Å².